The molecule has 2 aromatic carbocycles. The number of hydrogen-bond acceptors (Lipinski definition) is 6. The fraction of sp³-hybridized carbons (Fsp3) is 0.517. The number of piperazine rings is 1. The molecular weight excluding hydrogens is 556 g/mol. The average molecular weight is 593 g/mol. The number of likely N-dealkylation sites (tertiary alicyclic amines) is 2. The standard InChI is InChI=1S/C29H36Cl2FN5O3/c1-29(40,19-4-3-5-20(32)14-19)28(39)36-8-6-23(7-9-36)37-17-22(18-37)33-21-15-24(30)26(25(31)16-21)27(38)35-12-10-34(2)11-13-35/h3-5,14-16,22-23,33,40H,6-13,17-18H2,1-2H3/t29-/m0/s1. The molecule has 216 valence electrons. The summed E-state index contributed by atoms with van der Waals surface area (Å²) in [4.78, 5) is 34.1. The van der Waals surface area contributed by atoms with E-state index in [9.17, 15) is 19.1 Å². The number of nitrogens with one attached hydrogen (secondary N) is 1. The highest BCUT2D eigenvalue weighted by atomic mass is 35.5. The van der Waals surface area contributed by atoms with Crippen molar-refractivity contribution >= 4 is 40.7 Å². The molecule has 1 atom stereocenters. The number of nitrogens with zero attached hydrogens (tertiary/aromatic N) is 4. The summed E-state index contributed by atoms with van der Waals surface area (Å²) < 4.78 is 13.7. The highest BCUT2D eigenvalue weighted by Gasteiger charge is 2.40. The van der Waals surface area contributed by atoms with Gasteiger partial charge in [-0.3, -0.25) is 14.5 Å². The molecule has 3 saturated heterocycles. The van der Waals surface area contributed by atoms with Gasteiger partial charge in [0.05, 0.1) is 21.7 Å². The predicted molar refractivity (Wildman–Crippen MR) is 154 cm³/mol. The van der Waals surface area contributed by atoms with Crippen LogP contribution in [0.2, 0.25) is 10.0 Å². The first-order valence-electron chi connectivity index (χ1n) is 13.8. The summed E-state index contributed by atoms with van der Waals surface area (Å²) in [6.45, 7) is 7.14. The molecule has 0 radical (unpaired) electrons. The normalized spacial score (nSPS) is 21.1. The molecule has 0 aromatic heterocycles. The van der Waals surface area contributed by atoms with Gasteiger partial charge in [-0.2, -0.15) is 0 Å². The first kappa shape index (κ1) is 29.1. The Kier molecular flexibility index (Phi) is 8.59. The molecule has 0 bridgehead atoms. The molecule has 3 aliphatic heterocycles. The lowest BCUT2D eigenvalue weighted by Crippen LogP contribution is -2.61. The number of amides is 2. The lowest BCUT2D eigenvalue weighted by Gasteiger charge is -2.48. The van der Waals surface area contributed by atoms with Crippen LogP contribution < -0.4 is 5.32 Å². The van der Waals surface area contributed by atoms with Crippen molar-refractivity contribution in [3.63, 3.8) is 0 Å². The van der Waals surface area contributed by atoms with Gasteiger partial charge in [-0.15, -0.1) is 0 Å². The van der Waals surface area contributed by atoms with E-state index in [0.717, 1.165) is 44.7 Å². The Morgan fingerprint density at radius 2 is 1.60 bits per heavy atom. The minimum absolute atomic E-state index is 0.133. The van der Waals surface area contributed by atoms with E-state index in [1.165, 1.54) is 25.1 Å². The van der Waals surface area contributed by atoms with Crippen LogP contribution >= 0.6 is 23.2 Å². The SMILES string of the molecule is CN1CCN(C(=O)c2c(Cl)cc(NC3CN(C4CCN(C(=O)[C@@](C)(O)c5cccc(F)c5)CC4)C3)cc2Cl)CC1. The van der Waals surface area contributed by atoms with Crippen LogP contribution in [0, 0.1) is 5.82 Å². The van der Waals surface area contributed by atoms with Crippen LogP contribution in [0.5, 0.6) is 0 Å². The van der Waals surface area contributed by atoms with E-state index in [1.807, 2.05) is 7.05 Å². The molecular formula is C29H36Cl2FN5O3. The summed E-state index contributed by atoms with van der Waals surface area (Å²) in [5.74, 6) is -1.01. The van der Waals surface area contributed by atoms with E-state index in [4.69, 9.17) is 23.2 Å². The van der Waals surface area contributed by atoms with Gasteiger partial charge < -0.3 is 25.1 Å². The van der Waals surface area contributed by atoms with Crippen molar-refractivity contribution in [1.29, 1.82) is 0 Å². The zero-order valence-electron chi connectivity index (χ0n) is 22.9. The van der Waals surface area contributed by atoms with Crippen LogP contribution in [0.1, 0.15) is 35.7 Å². The fourth-order valence-electron chi connectivity index (χ4n) is 5.82. The Balaban J connectivity index is 1.11. The Morgan fingerprint density at radius 3 is 2.20 bits per heavy atom. The van der Waals surface area contributed by atoms with Gasteiger partial charge in [-0.05, 0) is 56.6 Å². The summed E-state index contributed by atoms with van der Waals surface area (Å²) >= 11 is 13.1. The van der Waals surface area contributed by atoms with Crippen LogP contribution in [0.15, 0.2) is 36.4 Å². The predicted octanol–water partition coefficient (Wildman–Crippen LogP) is 3.51. The van der Waals surface area contributed by atoms with Crippen molar-refractivity contribution in [3.05, 3.63) is 63.4 Å². The molecule has 2 N–H and O–H groups in total. The number of rotatable bonds is 6. The molecule has 0 unspecified atom stereocenters. The number of halogens is 3. The number of hydrogen-bond donors (Lipinski definition) is 2. The molecule has 0 spiro atoms. The average Bonchev–Trinajstić information content (AvgIpc) is 2.90. The monoisotopic (exact) mass is 591 g/mol. The van der Waals surface area contributed by atoms with Crippen LogP contribution in [0.3, 0.4) is 0 Å². The maximum atomic E-state index is 13.7. The Bertz CT molecular complexity index is 1230. The Morgan fingerprint density at radius 1 is 0.975 bits per heavy atom. The third-order valence-electron chi connectivity index (χ3n) is 8.40. The lowest BCUT2D eigenvalue weighted by molar-refractivity contribution is -0.152. The van der Waals surface area contributed by atoms with Crippen molar-refractivity contribution in [2.45, 2.75) is 37.5 Å². The summed E-state index contributed by atoms with van der Waals surface area (Å²) in [6.07, 6.45) is 1.61. The van der Waals surface area contributed by atoms with E-state index in [2.05, 4.69) is 15.1 Å². The molecule has 0 saturated carbocycles. The second-order valence-electron chi connectivity index (χ2n) is 11.3. The largest absolute Gasteiger partial charge is 0.380 e. The number of anilines is 1. The van der Waals surface area contributed by atoms with Crippen molar-refractivity contribution in [2.24, 2.45) is 0 Å². The summed E-state index contributed by atoms with van der Waals surface area (Å²) in [5, 5.41) is 15.1. The van der Waals surface area contributed by atoms with Crippen molar-refractivity contribution in [1.82, 2.24) is 19.6 Å². The van der Waals surface area contributed by atoms with E-state index < -0.39 is 17.3 Å². The highest BCUT2D eigenvalue weighted by molar-refractivity contribution is 6.40. The Labute approximate surface area is 244 Å². The van der Waals surface area contributed by atoms with Gasteiger partial charge in [0, 0.05) is 64.1 Å². The summed E-state index contributed by atoms with van der Waals surface area (Å²) in [6, 6.07) is 9.67. The quantitative estimate of drug-likeness (QED) is 0.535. The van der Waals surface area contributed by atoms with Gasteiger partial charge in [-0.25, -0.2) is 4.39 Å². The van der Waals surface area contributed by atoms with Gasteiger partial charge in [0.2, 0.25) is 0 Å². The highest BCUT2D eigenvalue weighted by Crippen LogP contribution is 2.33. The molecule has 8 nitrogen and oxygen atoms in total. The first-order valence-corrected chi connectivity index (χ1v) is 14.5. The van der Waals surface area contributed by atoms with Crippen molar-refractivity contribution < 1.29 is 19.1 Å². The third kappa shape index (κ3) is 6.09. The number of benzene rings is 2. The minimum atomic E-state index is -1.77. The van der Waals surface area contributed by atoms with Gasteiger partial charge >= 0.3 is 0 Å². The van der Waals surface area contributed by atoms with Gasteiger partial charge in [-0.1, -0.05) is 35.3 Å². The number of likely N-dealkylation sites (N-methyl/N-ethyl adjacent to an activating group) is 1. The minimum Gasteiger partial charge on any atom is -0.380 e. The second kappa shape index (κ2) is 11.8. The zero-order chi connectivity index (χ0) is 28.6. The maximum absolute atomic E-state index is 13.7. The molecule has 3 fully saturated rings. The van der Waals surface area contributed by atoms with Crippen LogP contribution in [-0.4, -0.2) is 108 Å². The molecule has 2 aromatic rings. The molecule has 2 amide bonds. The van der Waals surface area contributed by atoms with Crippen molar-refractivity contribution in [3.8, 4) is 0 Å². The molecule has 5 rings (SSSR count). The number of carbonyl (C=O) groups excluding carboxylic acids is 2. The van der Waals surface area contributed by atoms with E-state index >= 15 is 0 Å². The van der Waals surface area contributed by atoms with E-state index in [0.29, 0.717) is 47.8 Å². The number of aliphatic hydroxyl groups is 1. The first-order chi connectivity index (χ1) is 19.0. The summed E-state index contributed by atoms with van der Waals surface area (Å²) in [5.41, 5.74) is -0.373. The topological polar surface area (TPSA) is 79.4 Å². The molecule has 3 heterocycles. The fourth-order valence-corrected chi connectivity index (χ4v) is 6.47. The molecule has 11 heteroatoms. The molecule has 3 aliphatic rings. The van der Waals surface area contributed by atoms with Crippen molar-refractivity contribution in [2.75, 3.05) is 64.7 Å². The lowest BCUT2D eigenvalue weighted by atomic mass is 9.92. The van der Waals surface area contributed by atoms with Gasteiger partial charge in [0.25, 0.3) is 11.8 Å². The van der Waals surface area contributed by atoms with Gasteiger partial charge in [0.15, 0.2) is 5.60 Å². The van der Waals surface area contributed by atoms with E-state index in [-0.39, 0.29) is 17.5 Å². The van der Waals surface area contributed by atoms with Crippen LogP contribution in [-0.2, 0) is 10.4 Å². The third-order valence-corrected chi connectivity index (χ3v) is 8.99. The summed E-state index contributed by atoms with van der Waals surface area (Å²) in [7, 11) is 2.04. The number of piperidine rings is 1. The van der Waals surface area contributed by atoms with Gasteiger partial charge in [0.1, 0.15) is 5.82 Å². The number of carbonyl (C=O) groups is 2. The second-order valence-corrected chi connectivity index (χ2v) is 12.1. The van der Waals surface area contributed by atoms with Crippen LogP contribution in [0.25, 0.3) is 0 Å². The smallest absolute Gasteiger partial charge is 0.258 e. The Hall–Kier alpha value is -2.43. The zero-order valence-corrected chi connectivity index (χ0v) is 24.4. The van der Waals surface area contributed by atoms with Crippen LogP contribution in [0.4, 0.5) is 10.1 Å². The molecule has 0 aliphatic carbocycles. The maximum Gasteiger partial charge on any atom is 0.258 e. The van der Waals surface area contributed by atoms with E-state index in [1.54, 1.807) is 28.0 Å². The molecule has 40 heavy (non-hydrogen) atoms.